The first-order chi connectivity index (χ1) is 9.97. The second-order valence-corrected chi connectivity index (χ2v) is 5.33. The summed E-state index contributed by atoms with van der Waals surface area (Å²) in [5.41, 5.74) is 3.55. The molecule has 0 saturated carbocycles. The van der Waals surface area contributed by atoms with Gasteiger partial charge in [0.05, 0.1) is 17.8 Å². The van der Waals surface area contributed by atoms with Gasteiger partial charge >= 0.3 is 0 Å². The standard InChI is InChI=1S/C17H14FNO2/c1-10-6-11(2)15-14(7-10)16(20)17(21)19(15)9-12-4-3-5-13(18)8-12/h3-8H,9H2,1-2H3. The van der Waals surface area contributed by atoms with E-state index in [-0.39, 0.29) is 12.4 Å². The Hall–Kier alpha value is -2.49. The van der Waals surface area contributed by atoms with Crippen LogP contribution in [-0.2, 0) is 11.3 Å². The Morgan fingerprint density at radius 2 is 1.86 bits per heavy atom. The van der Waals surface area contributed by atoms with Gasteiger partial charge in [-0.3, -0.25) is 9.59 Å². The molecule has 0 atom stereocenters. The van der Waals surface area contributed by atoms with Crippen molar-refractivity contribution < 1.29 is 14.0 Å². The van der Waals surface area contributed by atoms with Crippen molar-refractivity contribution in [2.75, 3.05) is 4.90 Å². The molecule has 0 unspecified atom stereocenters. The van der Waals surface area contributed by atoms with Crippen LogP contribution in [0.1, 0.15) is 27.0 Å². The number of benzene rings is 2. The number of Topliss-reactive ketones (excluding diaryl/α,β-unsaturated/α-hetero) is 1. The van der Waals surface area contributed by atoms with Gasteiger partial charge in [-0.05, 0) is 48.7 Å². The fraction of sp³-hybridized carbons (Fsp3) is 0.176. The van der Waals surface area contributed by atoms with Gasteiger partial charge in [-0.1, -0.05) is 18.2 Å². The molecule has 3 nitrogen and oxygen atoms in total. The number of nitrogens with zero attached hydrogens (tertiary/aromatic N) is 1. The molecule has 3 rings (SSSR count). The third-order valence-electron chi connectivity index (χ3n) is 3.63. The van der Waals surface area contributed by atoms with Gasteiger partial charge < -0.3 is 4.90 Å². The number of aryl methyl sites for hydroxylation is 2. The van der Waals surface area contributed by atoms with E-state index in [4.69, 9.17) is 0 Å². The third kappa shape index (κ3) is 2.23. The first kappa shape index (κ1) is 13.5. The molecule has 1 amide bonds. The molecule has 0 aliphatic carbocycles. The molecule has 1 aliphatic rings. The normalized spacial score (nSPS) is 13.8. The lowest BCUT2D eigenvalue weighted by atomic mass is 10.0. The average molecular weight is 283 g/mol. The summed E-state index contributed by atoms with van der Waals surface area (Å²) >= 11 is 0. The van der Waals surface area contributed by atoms with Gasteiger partial charge in [0, 0.05) is 0 Å². The van der Waals surface area contributed by atoms with Gasteiger partial charge in [0.25, 0.3) is 11.7 Å². The van der Waals surface area contributed by atoms with E-state index >= 15 is 0 Å². The molecule has 1 aliphatic heterocycles. The molecule has 0 radical (unpaired) electrons. The minimum atomic E-state index is -0.553. The van der Waals surface area contributed by atoms with Gasteiger partial charge in [0.1, 0.15) is 5.82 Å². The van der Waals surface area contributed by atoms with Crippen molar-refractivity contribution in [3.8, 4) is 0 Å². The number of amides is 1. The SMILES string of the molecule is Cc1cc(C)c2c(c1)C(=O)C(=O)N2Cc1cccc(F)c1. The molecule has 0 N–H and O–H groups in total. The first-order valence-electron chi connectivity index (χ1n) is 6.69. The summed E-state index contributed by atoms with van der Waals surface area (Å²) in [6, 6.07) is 9.72. The summed E-state index contributed by atoms with van der Waals surface area (Å²) < 4.78 is 13.3. The molecule has 0 bridgehead atoms. The molecule has 2 aromatic carbocycles. The zero-order valence-corrected chi connectivity index (χ0v) is 11.8. The molecule has 4 heteroatoms. The van der Waals surface area contributed by atoms with Gasteiger partial charge in [0.15, 0.2) is 0 Å². The van der Waals surface area contributed by atoms with Crippen molar-refractivity contribution in [1.29, 1.82) is 0 Å². The zero-order valence-electron chi connectivity index (χ0n) is 11.8. The molecule has 0 saturated heterocycles. The highest BCUT2D eigenvalue weighted by Gasteiger charge is 2.37. The Labute approximate surface area is 122 Å². The highest BCUT2D eigenvalue weighted by Crippen LogP contribution is 2.34. The summed E-state index contributed by atoms with van der Waals surface area (Å²) in [6.45, 7) is 3.95. The quantitative estimate of drug-likeness (QED) is 0.794. The number of anilines is 1. The molecular weight excluding hydrogens is 269 g/mol. The van der Waals surface area contributed by atoms with Crippen LogP contribution in [0.25, 0.3) is 0 Å². The van der Waals surface area contributed by atoms with Crippen molar-refractivity contribution in [3.63, 3.8) is 0 Å². The summed E-state index contributed by atoms with van der Waals surface area (Å²) in [5.74, 6) is -1.40. The zero-order chi connectivity index (χ0) is 15.1. The van der Waals surface area contributed by atoms with Crippen molar-refractivity contribution in [1.82, 2.24) is 0 Å². The molecule has 106 valence electrons. The van der Waals surface area contributed by atoms with Crippen molar-refractivity contribution in [2.24, 2.45) is 0 Å². The second-order valence-electron chi connectivity index (χ2n) is 5.33. The van der Waals surface area contributed by atoms with E-state index < -0.39 is 11.7 Å². The number of ketones is 1. The number of rotatable bonds is 2. The number of fused-ring (bicyclic) bond motifs is 1. The number of halogens is 1. The predicted molar refractivity (Wildman–Crippen MR) is 77.8 cm³/mol. The third-order valence-corrected chi connectivity index (χ3v) is 3.63. The highest BCUT2D eigenvalue weighted by molar-refractivity contribution is 6.52. The maximum Gasteiger partial charge on any atom is 0.299 e. The van der Waals surface area contributed by atoms with Crippen LogP contribution in [0.15, 0.2) is 36.4 Å². The van der Waals surface area contributed by atoms with E-state index in [9.17, 15) is 14.0 Å². The van der Waals surface area contributed by atoms with Crippen LogP contribution in [0.3, 0.4) is 0 Å². The first-order valence-corrected chi connectivity index (χ1v) is 6.69. The molecule has 0 spiro atoms. The fourth-order valence-electron chi connectivity index (χ4n) is 2.80. The van der Waals surface area contributed by atoms with Crippen LogP contribution in [0, 0.1) is 19.7 Å². The number of hydrogen-bond donors (Lipinski definition) is 0. The van der Waals surface area contributed by atoms with Crippen LogP contribution in [0.4, 0.5) is 10.1 Å². The molecule has 0 fully saturated rings. The Morgan fingerprint density at radius 1 is 1.10 bits per heavy atom. The number of carbonyl (C=O) groups excluding carboxylic acids is 2. The lowest BCUT2D eigenvalue weighted by Crippen LogP contribution is -2.29. The van der Waals surface area contributed by atoms with E-state index in [0.717, 1.165) is 11.1 Å². The topological polar surface area (TPSA) is 37.4 Å². The van der Waals surface area contributed by atoms with Gasteiger partial charge in [-0.15, -0.1) is 0 Å². The Kier molecular flexibility index (Phi) is 3.09. The number of hydrogen-bond acceptors (Lipinski definition) is 2. The van der Waals surface area contributed by atoms with Crippen LogP contribution < -0.4 is 4.90 Å². The summed E-state index contributed by atoms with van der Waals surface area (Å²) in [5, 5.41) is 0. The summed E-state index contributed by atoms with van der Waals surface area (Å²) in [4.78, 5) is 25.7. The van der Waals surface area contributed by atoms with Crippen LogP contribution in [-0.4, -0.2) is 11.7 Å². The Balaban J connectivity index is 2.05. The highest BCUT2D eigenvalue weighted by atomic mass is 19.1. The summed E-state index contributed by atoms with van der Waals surface area (Å²) in [7, 11) is 0. The van der Waals surface area contributed by atoms with Gasteiger partial charge in [-0.25, -0.2) is 4.39 Å². The van der Waals surface area contributed by atoms with Crippen LogP contribution in [0.5, 0.6) is 0 Å². The molecule has 0 aromatic heterocycles. The van der Waals surface area contributed by atoms with E-state index in [1.807, 2.05) is 19.9 Å². The average Bonchev–Trinajstić information content (AvgIpc) is 2.64. The van der Waals surface area contributed by atoms with E-state index in [1.54, 1.807) is 18.2 Å². The van der Waals surface area contributed by atoms with E-state index in [0.29, 0.717) is 16.8 Å². The monoisotopic (exact) mass is 283 g/mol. The molecule has 1 heterocycles. The molecule has 2 aromatic rings. The largest absolute Gasteiger partial charge is 0.300 e. The second kappa shape index (κ2) is 4.81. The van der Waals surface area contributed by atoms with Gasteiger partial charge in [-0.2, -0.15) is 0 Å². The minimum absolute atomic E-state index is 0.194. The van der Waals surface area contributed by atoms with E-state index in [1.165, 1.54) is 17.0 Å². The summed E-state index contributed by atoms with van der Waals surface area (Å²) in [6.07, 6.45) is 0. The van der Waals surface area contributed by atoms with Crippen molar-refractivity contribution in [2.45, 2.75) is 20.4 Å². The minimum Gasteiger partial charge on any atom is -0.300 e. The predicted octanol–water partition coefficient (Wildman–Crippen LogP) is 3.17. The molecular formula is C17H14FNO2. The number of carbonyl (C=O) groups is 2. The maximum absolute atomic E-state index is 13.3. The fourth-order valence-corrected chi connectivity index (χ4v) is 2.80. The lowest BCUT2D eigenvalue weighted by molar-refractivity contribution is -0.114. The van der Waals surface area contributed by atoms with Crippen LogP contribution in [0.2, 0.25) is 0 Å². The Bertz CT molecular complexity index is 767. The van der Waals surface area contributed by atoms with Gasteiger partial charge in [0.2, 0.25) is 0 Å². The smallest absolute Gasteiger partial charge is 0.299 e. The van der Waals surface area contributed by atoms with Crippen molar-refractivity contribution in [3.05, 3.63) is 64.5 Å². The van der Waals surface area contributed by atoms with Crippen LogP contribution >= 0.6 is 0 Å². The lowest BCUT2D eigenvalue weighted by Gasteiger charge is -2.19. The maximum atomic E-state index is 13.3. The van der Waals surface area contributed by atoms with E-state index in [2.05, 4.69) is 0 Å². The molecule has 21 heavy (non-hydrogen) atoms. The van der Waals surface area contributed by atoms with Crippen molar-refractivity contribution >= 4 is 17.4 Å². The Morgan fingerprint density at radius 3 is 2.57 bits per heavy atom.